The molecule has 0 saturated heterocycles. The summed E-state index contributed by atoms with van der Waals surface area (Å²) in [6.45, 7) is 2.10. The van der Waals surface area contributed by atoms with Gasteiger partial charge in [-0.05, 0) is 48.4 Å². The Kier molecular flexibility index (Phi) is 5.79. The lowest BCUT2D eigenvalue weighted by Crippen LogP contribution is -2.03. The number of aryl methyl sites for hydroxylation is 1. The molecule has 4 aromatic rings. The van der Waals surface area contributed by atoms with E-state index in [0.29, 0.717) is 27.4 Å². The van der Waals surface area contributed by atoms with Crippen molar-refractivity contribution in [3.8, 4) is 17.3 Å². The SMILES string of the molecule is CCc1ccc(N/C=C(/C#N)c2nc(-c3cc4cc(Br)ccc4oc3=O)cs2)cc1. The number of halogens is 1. The molecular formula is C23H16BrN3O2S. The zero-order valence-corrected chi connectivity index (χ0v) is 18.4. The lowest BCUT2D eigenvalue weighted by atomic mass is 10.1. The highest BCUT2D eigenvalue weighted by atomic mass is 79.9. The molecule has 0 bridgehead atoms. The van der Waals surface area contributed by atoms with Gasteiger partial charge in [-0.1, -0.05) is 35.0 Å². The number of rotatable bonds is 5. The highest BCUT2D eigenvalue weighted by Gasteiger charge is 2.14. The van der Waals surface area contributed by atoms with Gasteiger partial charge in [-0.25, -0.2) is 9.78 Å². The molecule has 0 atom stereocenters. The molecule has 0 unspecified atom stereocenters. The zero-order valence-electron chi connectivity index (χ0n) is 16.0. The Morgan fingerprint density at radius 1 is 1.27 bits per heavy atom. The first kappa shape index (κ1) is 20.1. The van der Waals surface area contributed by atoms with E-state index < -0.39 is 5.63 Å². The highest BCUT2D eigenvalue weighted by Crippen LogP contribution is 2.27. The summed E-state index contributed by atoms with van der Waals surface area (Å²) in [6.07, 6.45) is 2.60. The van der Waals surface area contributed by atoms with Crippen LogP contribution < -0.4 is 10.9 Å². The van der Waals surface area contributed by atoms with Gasteiger partial charge in [0, 0.05) is 27.1 Å². The number of anilines is 1. The van der Waals surface area contributed by atoms with Gasteiger partial charge < -0.3 is 9.73 Å². The number of aromatic nitrogens is 1. The molecule has 0 aliphatic heterocycles. The van der Waals surface area contributed by atoms with Gasteiger partial charge in [0.25, 0.3) is 0 Å². The maximum absolute atomic E-state index is 12.4. The van der Waals surface area contributed by atoms with Crippen molar-refractivity contribution in [1.82, 2.24) is 4.98 Å². The highest BCUT2D eigenvalue weighted by molar-refractivity contribution is 9.10. The van der Waals surface area contributed by atoms with E-state index in [1.807, 2.05) is 36.4 Å². The topological polar surface area (TPSA) is 78.9 Å². The number of nitrogens with zero attached hydrogens (tertiary/aromatic N) is 2. The Morgan fingerprint density at radius 2 is 2.07 bits per heavy atom. The van der Waals surface area contributed by atoms with Gasteiger partial charge in [-0.2, -0.15) is 5.26 Å². The van der Waals surface area contributed by atoms with E-state index in [2.05, 4.69) is 39.2 Å². The molecule has 0 saturated carbocycles. The number of nitrogens with one attached hydrogen (secondary N) is 1. The maximum atomic E-state index is 12.4. The summed E-state index contributed by atoms with van der Waals surface area (Å²) in [5.74, 6) is 0. The quantitative estimate of drug-likeness (QED) is 0.272. The molecule has 0 amide bonds. The molecule has 0 spiro atoms. The van der Waals surface area contributed by atoms with Crippen LogP contribution >= 0.6 is 27.3 Å². The van der Waals surface area contributed by atoms with Gasteiger partial charge in [-0.3, -0.25) is 0 Å². The molecule has 2 aromatic carbocycles. The normalized spacial score (nSPS) is 11.4. The second-order valence-corrected chi connectivity index (χ2v) is 8.31. The number of thiazole rings is 1. The minimum absolute atomic E-state index is 0.364. The third kappa shape index (κ3) is 4.20. The van der Waals surface area contributed by atoms with Crippen LogP contribution in [-0.2, 0) is 6.42 Å². The van der Waals surface area contributed by atoms with Gasteiger partial charge in [0.1, 0.15) is 22.2 Å². The Bertz CT molecular complexity index is 1350. The lowest BCUT2D eigenvalue weighted by Gasteiger charge is -2.03. The van der Waals surface area contributed by atoms with Crippen LogP contribution in [0.15, 0.2) is 73.8 Å². The molecule has 2 aromatic heterocycles. The number of fused-ring (bicyclic) bond motifs is 1. The standard InChI is InChI=1S/C23H16BrN3O2S/c1-2-14-3-6-18(7-4-14)26-12-16(11-25)22-27-20(13-30-22)19-10-15-9-17(24)5-8-21(15)29-23(19)28/h3-10,12-13,26H,2H2,1H3/b16-12-. The van der Waals surface area contributed by atoms with Crippen LogP contribution in [0.4, 0.5) is 5.69 Å². The van der Waals surface area contributed by atoms with Crippen molar-refractivity contribution in [2.24, 2.45) is 0 Å². The second kappa shape index (κ2) is 8.66. The van der Waals surface area contributed by atoms with E-state index in [1.165, 1.54) is 16.9 Å². The summed E-state index contributed by atoms with van der Waals surface area (Å²) in [7, 11) is 0. The lowest BCUT2D eigenvalue weighted by molar-refractivity contribution is 0.563. The number of hydrogen-bond donors (Lipinski definition) is 1. The van der Waals surface area contributed by atoms with Crippen molar-refractivity contribution in [2.45, 2.75) is 13.3 Å². The first-order valence-corrected chi connectivity index (χ1v) is 10.9. The number of benzene rings is 2. The zero-order chi connectivity index (χ0) is 21.1. The van der Waals surface area contributed by atoms with Crippen LogP contribution in [-0.4, -0.2) is 4.98 Å². The number of hydrogen-bond acceptors (Lipinski definition) is 6. The van der Waals surface area contributed by atoms with E-state index in [1.54, 1.807) is 23.7 Å². The van der Waals surface area contributed by atoms with Gasteiger partial charge in [0.05, 0.1) is 11.3 Å². The maximum Gasteiger partial charge on any atom is 0.345 e. The fraction of sp³-hybridized carbons (Fsp3) is 0.0870. The first-order chi connectivity index (χ1) is 14.6. The average molecular weight is 478 g/mol. The molecular weight excluding hydrogens is 462 g/mol. The van der Waals surface area contributed by atoms with E-state index in [-0.39, 0.29) is 0 Å². The largest absolute Gasteiger partial charge is 0.422 e. The van der Waals surface area contributed by atoms with Crippen molar-refractivity contribution in [3.05, 3.63) is 85.6 Å². The average Bonchev–Trinajstić information content (AvgIpc) is 3.24. The van der Waals surface area contributed by atoms with Gasteiger partial charge >= 0.3 is 5.63 Å². The van der Waals surface area contributed by atoms with Crippen molar-refractivity contribution >= 4 is 49.5 Å². The van der Waals surface area contributed by atoms with Crippen LogP contribution in [0.25, 0.3) is 27.8 Å². The smallest absolute Gasteiger partial charge is 0.345 e. The van der Waals surface area contributed by atoms with Crippen LogP contribution in [0, 0.1) is 11.3 Å². The van der Waals surface area contributed by atoms with Crippen molar-refractivity contribution in [2.75, 3.05) is 5.32 Å². The third-order valence-corrected chi connectivity index (χ3v) is 5.94. The summed E-state index contributed by atoms with van der Waals surface area (Å²) < 4.78 is 6.31. The molecule has 148 valence electrons. The minimum atomic E-state index is -0.460. The fourth-order valence-corrected chi connectivity index (χ4v) is 4.09. The summed E-state index contributed by atoms with van der Waals surface area (Å²) in [5.41, 5.74) is 3.42. The van der Waals surface area contributed by atoms with Gasteiger partial charge in [-0.15, -0.1) is 11.3 Å². The summed E-state index contributed by atoms with van der Waals surface area (Å²) in [4.78, 5) is 16.9. The second-order valence-electron chi connectivity index (χ2n) is 6.53. The van der Waals surface area contributed by atoms with E-state index in [0.717, 1.165) is 22.0 Å². The van der Waals surface area contributed by atoms with E-state index in [9.17, 15) is 10.1 Å². The summed E-state index contributed by atoms with van der Waals surface area (Å²) >= 11 is 4.73. The van der Waals surface area contributed by atoms with Crippen LogP contribution in [0.2, 0.25) is 0 Å². The molecule has 4 rings (SSSR count). The van der Waals surface area contributed by atoms with Crippen molar-refractivity contribution < 1.29 is 4.42 Å². The Hall–Kier alpha value is -3.21. The molecule has 0 fully saturated rings. The van der Waals surface area contributed by atoms with E-state index >= 15 is 0 Å². The predicted molar refractivity (Wildman–Crippen MR) is 124 cm³/mol. The Morgan fingerprint density at radius 3 is 2.80 bits per heavy atom. The van der Waals surface area contributed by atoms with Crippen LogP contribution in [0.1, 0.15) is 17.5 Å². The first-order valence-electron chi connectivity index (χ1n) is 9.23. The van der Waals surface area contributed by atoms with Crippen LogP contribution in [0.5, 0.6) is 0 Å². The summed E-state index contributed by atoms with van der Waals surface area (Å²) in [6, 6.07) is 17.4. The third-order valence-electron chi connectivity index (χ3n) is 4.57. The molecule has 5 nitrogen and oxygen atoms in total. The fourth-order valence-electron chi connectivity index (χ4n) is 2.93. The monoisotopic (exact) mass is 477 g/mol. The molecule has 0 aliphatic rings. The van der Waals surface area contributed by atoms with E-state index in [4.69, 9.17) is 4.42 Å². The predicted octanol–water partition coefficient (Wildman–Crippen LogP) is 6.22. The molecule has 2 heterocycles. The molecule has 30 heavy (non-hydrogen) atoms. The minimum Gasteiger partial charge on any atom is -0.422 e. The van der Waals surface area contributed by atoms with Crippen LogP contribution in [0.3, 0.4) is 0 Å². The van der Waals surface area contributed by atoms with Gasteiger partial charge in [0.15, 0.2) is 0 Å². The van der Waals surface area contributed by atoms with Gasteiger partial charge in [0.2, 0.25) is 0 Å². The molecule has 1 N–H and O–H groups in total. The summed E-state index contributed by atoms with van der Waals surface area (Å²) in [5, 5.41) is 15.8. The number of allylic oxidation sites excluding steroid dienone is 1. The molecule has 7 heteroatoms. The Balaban J connectivity index is 1.63. The Labute approximate surface area is 185 Å². The molecule has 0 aliphatic carbocycles. The van der Waals surface area contributed by atoms with Crippen molar-refractivity contribution in [3.63, 3.8) is 0 Å². The van der Waals surface area contributed by atoms with Crippen molar-refractivity contribution in [1.29, 1.82) is 5.26 Å². The number of nitriles is 1. The molecule has 0 radical (unpaired) electrons.